The van der Waals surface area contributed by atoms with Crippen molar-refractivity contribution in [3.05, 3.63) is 28.1 Å². The third-order valence-corrected chi connectivity index (χ3v) is 4.44. The summed E-state index contributed by atoms with van der Waals surface area (Å²) in [5.74, 6) is 0.240. The third-order valence-electron chi connectivity index (χ3n) is 3.37. The fourth-order valence-corrected chi connectivity index (χ4v) is 3.50. The van der Waals surface area contributed by atoms with Gasteiger partial charge >= 0.3 is 0 Å². The molecule has 0 aliphatic heterocycles. The number of fused-ring (bicyclic) bond motifs is 1. The molecular weight excluding hydrogens is 244 g/mol. The molecule has 4 heteroatoms. The zero-order valence-electron chi connectivity index (χ0n) is 10.9. The van der Waals surface area contributed by atoms with Crippen LogP contribution in [0.2, 0.25) is 0 Å². The van der Waals surface area contributed by atoms with E-state index < -0.39 is 0 Å². The van der Waals surface area contributed by atoms with Crippen molar-refractivity contribution in [3.8, 4) is 0 Å². The third kappa shape index (κ3) is 1.90. The van der Waals surface area contributed by atoms with Gasteiger partial charge in [0.15, 0.2) is 4.80 Å². The first kappa shape index (κ1) is 11.7. The van der Waals surface area contributed by atoms with Gasteiger partial charge in [-0.15, -0.1) is 0 Å². The number of benzene rings is 1. The summed E-state index contributed by atoms with van der Waals surface area (Å²) in [6, 6.07) is 4.33. The minimum absolute atomic E-state index is 0.0477. The predicted molar refractivity (Wildman–Crippen MR) is 73.6 cm³/mol. The minimum atomic E-state index is 0.0477. The van der Waals surface area contributed by atoms with Gasteiger partial charge in [-0.05, 0) is 43.9 Å². The highest BCUT2D eigenvalue weighted by molar-refractivity contribution is 7.16. The molecule has 0 N–H and O–H groups in total. The summed E-state index contributed by atoms with van der Waals surface area (Å²) in [4.78, 5) is 16.9. The van der Waals surface area contributed by atoms with Gasteiger partial charge in [-0.3, -0.25) is 4.79 Å². The Bertz CT molecular complexity index is 704. The molecule has 0 unspecified atom stereocenters. The molecule has 1 aromatic carbocycles. The molecule has 0 atom stereocenters. The first-order valence-corrected chi connectivity index (χ1v) is 7.03. The summed E-state index contributed by atoms with van der Waals surface area (Å²) < 4.78 is 3.24. The summed E-state index contributed by atoms with van der Waals surface area (Å²) in [7, 11) is 1.99. The Hall–Kier alpha value is -1.42. The second-order valence-electron chi connectivity index (χ2n) is 5.10. The average molecular weight is 260 g/mol. The van der Waals surface area contributed by atoms with Crippen LogP contribution in [-0.4, -0.2) is 10.5 Å². The maximum atomic E-state index is 11.8. The second-order valence-corrected chi connectivity index (χ2v) is 6.11. The van der Waals surface area contributed by atoms with Crippen molar-refractivity contribution in [1.82, 2.24) is 4.57 Å². The van der Waals surface area contributed by atoms with Crippen molar-refractivity contribution in [2.24, 2.45) is 18.0 Å². The van der Waals surface area contributed by atoms with E-state index in [1.165, 1.54) is 21.3 Å². The second kappa shape index (κ2) is 4.05. The van der Waals surface area contributed by atoms with Crippen molar-refractivity contribution < 1.29 is 4.79 Å². The number of carbonyl (C=O) groups excluding carboxylic acids is 1. The lowest BCUT2D eigenvalue weighted by atomic mass is 10.1. The summed E-state index contributed by atoms with van der Waals surface area (Å²) in [5.41, 5.74) is 3.68. The molecule has 1 heterocycles. The standard InChI is InChI=1S/C14H16N2OS/c1-8-6-9(2)12-11(7-8)18-14(16(12)3)15-13(17)10-4-5-10/h6-7,10H,4-5H2,1-3H3. The fraction of sp³-hybridized carbons (Fsp3) is 0.429. The quantitative estimate of drug-likeness (QED) is 0.776. The fourth-order valence-electron chi connectivity index (χ4n) is 2.30. The van der Waals surface area contributed by atoms with Gasteiger partial charge in [-0.2, -0.15) is 4.99 Å². The molecule has 1 aliphatic rings. The highest BCUT2D eigenvalue weighted by atomic mass is 32.1. The van der Waals surface area contributed by atoms with Crippen LogP contribution in [0.3, 0.4) is 0 Å². The molecule has 3 rings (SSSR count). The van der Waals surface area contributed by atoms with Crippen molar-refractivity contribution in [2.75, 3.05) is 0 Å². The molecule has 1 amide bonds. The van der Waals surface area contributed by atoms with Crippen molar-refractivity contribution in [3.63, 3.8) is 0 Å². The number of rotatable bonds is 1. The first-order valence-electron chi connectivity index (χ1n) is 6.21. The Morgan fingerprint density at radius 3 is 2.78 bits per heavy atom. The van der Waals surface area contributed by atoms with E-state index in [0.717, 1.165) is 17.6 Å². The number of hydrogen-bond donors (Lipinski definition) is 0. The van der Waals surface area contributed by atoms with Crippen LogP contribution >= 0.6 is 11.3 Å². The highest BCUT2D eigenvalue weighted by Crippen LogP contribution is 2.30. The molecule has 0 spiro atoms. The number of thiazole rings is 1. The van der Waals surface area contributed by atoms with Gasteiger partial charge in [0.25, 0.3) is 5.91 Å². The first-order chi connectivity index (χ1) is 8.56. The van der Waals surface area contributed by atoms with Crippen LogP contribution in [0.4, 0.5) is 0 Å². The van der Waals surface area contributed by atoms with Crippen LogP contribution < -0.4 is 4.80 Å². The van der Waals surface area contributed by atoms with E-state index in [9.17, 15) is 4.79 Å². The van der Waals surface area contributed by atoms with Gasteiger partial charge in [0, 0.05) is 13.0 Å². The minimum Gasteiger partial charge on any atom is -0.319 e. The largest absolute Gasteiger partial charge is 0.319 e. The van der Waals surface area contributed by atoms with Crippen LogP contribution in [0.1, 0.15) is 24.0 Å². The van der Waals surface area contributed by atoms with Gasteiger partial charge < -0.3 is 4.57 Å². The molecule has 3 nitrogen and oxygen atoms in total. The molecule has 1 aromatic heterocycles. The smallest absolute Gasteiger partial charge is 0.251 e. The molecule has 1 saturated carbocycles. The van der Waals surface area contributed by atoms with E-state index in [1.54, 1.807) is 11.3 Å². The Morgan fingerprint density at radius 2 is 2.11 bits per heavy atom. The van der Waals surface area contributed by atoms with Crippen LogP contribution in [0, 0.1) is 19.8 Å². The summed E-state index contributed by atoms with van der Waals surface area (Å²) in [6.07, 6.45) is 2.02. The Labute approximate surface area is 110 Å². The Morgan fingerprint density at radius 1 is 1.39 bits per heavy atom. The van der Waals surface area contributed by atoms with Gasteiger partial charge in [-0.1, -0.05) is 17.4 Å². The number of amides is 1. The summed E-state index contributed by atoms with van der Waals surface area (Å²) in [5, 5.41) is 0. The van der Waals surface area contributed by atoms with E-state index in [4.69, 9.17) is 0 Å². The van der Waals surface area contributed by atoms with Gasteiger partial charge in [0.1, 0.15) is 0 Å². The van der Waals surface area contributed by atoms with Gasteiger partial charge in [0.2, 0.25) is 0 Å². The SMILES string of the molecule is Cc1cc(C)c2c(c1)sc(=NC(=O)C1CC1)n2C. The normalized spacial score (nSPS) is 16.5. The average Bonchev–Trinajstić information content (AvgIpc) is 3.06. The molecule has 0 saturated heterocycles. The molecule has 18 heavy (non-hydrogen) atoms. The molecular formula is C14H16N2OS. The van der Waals surface area contributed by atoms with E-state index in [2.05, 4.69) is 31.0 Å². The lowest BCUT2D eigenvalue weighted by Gasteiger charge is -2.01. The monoisotopic (exact) mass is 260 g/mol. The molecule has 2 aromatic rings. The topological polar surface area (TPSA) is 34.4 Å². The van der Waals surface area contributed by atoms with E-state index in [-0.39, 0.29) is 11.8 Å². The molecule has 0 radical (unpaired) electrons. The molecule has 1 fully saturated rings. The maximum Gasteiger partial charge on any atom is 0.251 e. The highest BCUT2D eigenvalue weighted by Gasteiger charge is 2.29. The van der Waals surface area contributed by atoms with Crippen LogP contribution in [0.5, 0.6) is 0 Å². The predicted octanol–water partition coefficient (Wildman–Crippen LogP) is 2.69. The number of carbonyl (C=O) groups is 1. The lowest BCUT2D eigenvalue weighted by Crippen LogP contribution is -2.14. The van der Waals surface area contributed by atoms with Crippen molar-refractivity contribution in [2.45, 2.75) is 26.7 Å². The number of aryl methyl sites for hydroxylation is 3. The van der Waals surface area contributed by atoms with E-state index >= 15 is 0 Å². The number of aromatic nitrogens is 1. The Kier molecular flexibility index (Phi) is 2.63. The van der Waals surface area contributed by atoms with Crippen molar-refractivity contribution >= 4 is 27.5 Å². The lowest BCUT2D eigenvalue weighted by molar-refractivity contribution is -0.119. The molecule has 94 valence electrons. The van der Waals surface area contributed by atoms with Crippen LogP contribution in [0.25, 0.3) is 10.2 Å². The maximum absolute atomic E-state index is 11.8. The van der Waals surface area contributed by atoms with E-state index in [0.29, 0.717) is 0 Å². The van der Waals surface area contributed by atoms with Gasteiger partial charge in [-0.25, -0.2) is 0 Å². The van der Waals surface area contributed by atoms with Crippen LogP contribution in [-0.2, 0) is 11.8 Å². The summed E-state index contributed by atoms with van der Waals surface area (Å²) >= 11 is 1.60. The van der Waals surface area contributed by atoms with Crippen molar-refractivity contribution in [1.29, 1.82) is 0 Å². The Balaban J connectivity index is 2.22. The molecule has 1 aliphatic carbocycles. The zero-order valence-corrected chi connectivity index (χ0v) is 11.7. The van der Waals surface area contributed by atoms with Gasteiger partial charge in [0.05, 0.1) is 10.2 Å². The van der Waals surface area contributed by atoms with Crippen LogP contribution in [0.15, 0.2) is 17.1 Å². The molecule has 0 bridgehead atoms. The van der Waals surface area contributed by atoms with E-state index in [1.807, 2.05) is 11.6 Å². The number of hydrogen-bond acceptors (Lipinski definition) is 2. The number of nitrogens with zero attached hydrogens (tertiary/aromatic N) is 2. The zero-order chi connectivity index (χ0) is 12.9. The summed E-state index contributed by atoms with van der Waals surface area (Å²) in [6.45, 7) is 4.20.